The van der Waals surface area contributed by atoms with Crippen LogP contribution in [0.4, 0.5) is 0 Å². The molecule has 118 valence electrons. The monoisotopic (exact) mass is 280 g/mol. The third kappa shape index (κ3) is 3.39. The molecule has 3 unspecified atom stereocenters. The molecule has 20 heavy (non-hydrogen) atoms. The summed E-state index contributed by atoms with van der Waals surface area (Å²) in [6.07, 6.45) is 12.9. The lowest BCUT2D eigenvalue weighted by Gasteiger charge is -2.53. The van der Waals surface area contributed by atoms with Gasteiger partial charge in [0.15, 0.2) is 0 Å². The second-order valence-corrected chi connectivity index (χ2v) is 7.63. The van der Waals surface area contributed by atoms with Gasteiger partial charge in [0.1, 0.15) is 0 Å². The highest BCUT2D eigenvalue weighted by Crippen LogP contribution is 2.43. The van der Waals surface area contributed by atoms with Crippen LogP contribution in [0.2, 0.25) is 0 Å². The van der Waals surface area contributed by atoms with Gasteiger partial charge in [-0.2, -0.15) is 0 Å². The predicted molar refractivity (Wildman–Crippen MR) is 88.1 cm³/mol. The Labute approximate surface area is 126 Å². The van der Waals surface area contributed by atoms with Crippen LogP contribution in [0.5, 0.6) is 0 Å². The van der Waals surface area contributed by atoms with Crippen molar-refractivity contribution < 1.29 is 0 Å². The van der Waals surface area contributed by atoms with E-state index in [4.69, 9.17) is 0 Å². The largest absolute Gasteiger partial charge is 0.312 e. The molecule has 0 bridgehead atoms. The molecule has 0 radical (unpaired) electrons. The van der Waals surface area contributed by atoms with Crippen molar-refractivity contribution in [2.24, 2.45) is 11.8 Å². The van der Waals surface area contributed by atoms with Crippen LogP contribution in [0.3, 0.4) is 0 Å². The Morgan fingerprint density at radius 1 is 1.10 bits per heavy atom. The maximum atomic E-state index is 3.92. The van der Waals surface area contributed by atoms with E-state index in [-0.39, 0.29) is 0 Å². The van der Waals surface area contributed by atoms with Crippen molar-refractivity contribution in [3.63, 3.8) is 0 Å². The fourth-order valence-electron chi connectivity index (χ4n) is 5.01. The molecule has 0 heterocycles. The normalized spacial score (nSPS) is 34.4. The third-order valence-electron chi connectivity index (χ3n) is 6.02. The average molecular weight is 280 g/mol. The van der Waals surface area contributed by atoms with E-state index >= 15 is 0 Å². The fourth-order valence-corrected chi connectivity index (χ4v) is 5.01. The molecule has 0 amide bonds. The molecule has 0 spiro atoms. The van der Waals surface area contributed by atoms with Gasteiger partial charge in [0, 0.05) is 11.6 Å². The van der Waals surface area contributed by atoms with Gasteiger partial charge < -0.3 is 10.2 Å². The Hall–Kier alpha value is -0.0800. The summed E-state index contributed by atoms with van der Waals surface area (Å²) >= 11 is 0. The number of hydrogen-bond donors (Lipinski definition) is 1. The van der Waals surface area contributed by atoms with Crippen molar-refractivity contribution >= 4 is 0 Å². The van der Waals surface area contributed by atoms with Gasteiger partial charge in [-0.25, -0.2) is 0 Å². The first kappa shape index (κ1) is 16.3. The number of nitrogens with zero attached hydrogens (tertiary/aromatic N) is 1. The lowest BCUT2D eigenvalue weighted by atomic mass is 9.65. The molecule has 2 aliphatic rings. The summed E-state index contributed by atoms with van der Waals surface area (Å²) in [6.45, 7) is 5.86. The Kier molecular flexibility index (Phi) is 5.92. The molecule has 2 nitrogen and oxygen atoms in total. The van der Waals surface area contributed by atoms with E-state index in [9.17, 15) is 0 Å². The van der Waals surface area contributed by atoms with Crippen molar-refractivity contribution in [1.82, 2.24) is 10.2 Å². The summed E-state index contributed by atoms with van der Waals surface area (Å²) < 4.78 is 0. The van der Waals surface area contributed by atoms with E-state index < -0.39 is 0 Å². The lowest BCUT2D eigenvalue weighted by Crippen LogP contribution is -2.63. The van der Waals surface area contributed by atoms with Crippen LogP contribution in [0.25, 0.3) is 0 Å². The maximum Gasteiger partial charge on any atom is 0.0361 e. The molecule has 2 fully saturated rings. The summed E-state index contributed by atoms with van der Waals surface area (Å²) in [5.41, 5.74) is 0.398. The first-order valence-corrected chi connectivity index (χ1v) is 9.01. The van der Waals surface area contributed by atoms with Gasteiger partial charge in [-0.3, -0.25) is 0 Å². The zero-order valence-electron chi connectivity index (χ0n) is 14.3. The van der Waals surface area contributed by atoms with E-state index in [0.717, 1.165) is 18.4 Å². The molecule has 2 saturated carbocycles. The van der Waals surface area contributed by atoms with Gasteiger partial charge in [0.05, 0.1) is 0 Å². The number of likely N-dealkylation sites (N-methyl/N-ethyl adjacent to an activating group) is 2. The van der Waals surface area contributed by atoms with Gasteiger partial charge in [0.25, 0.3) is 0 Å². The van der Waals surface area contributed by atoms with Gasteiger partial charge in [-0.05, 0) is 58.2 Å². The minimum atomic E-state index is 0.398. The third-order valence-corrected chi connectivity index (χ3v) is 6.02. The molecule has 1 N–H and O–H groups in total. The van der Waals surface area contributed by atoms with Gasteiger partial charge in [0.2, 0.25) is 0 Å². The molecular weight excluding hydrogens is 244 g/mol. The van der Waals surface area contributed by atoms with E-state index in [0.29, 0.717) is 11.6 Å². The number of rotatable bonds is 5. The average Bonchev–Trinajstić information content (AvgIpc) is 2.45. The van der Waals surface area contributed by atoms with Crippen LogP contribution in [0, 0.1) is 11.8 Å². The Bertz CT molecular complexity index is 283. The quantitative estimate of drug-likeness (QED) is 0.817. The summed E-state index contributed by atoms with van der Waals surface area (Å²) in [5.74, 6) is 1.78. The van der Waals surface area contributed by atoms with Crippen LogP contribution >= 0.6 is 0 Å². The van der Waals surface area contributed by atoms with E-state index in [1.807, 2.05) is 0 Å². The molecule has 3 atom stereocenters. The first-order valence-electron chi connectivity index (χ1n) is 9.01. The Balaban J connectivity index is 2.21. The number of hydrogen-bond acceptors (Lipinski definition) is 2. The summed E-state index contributed by atoms with van der Waals surface area (Å²) in [4.78, 5) is 2.57. The predicted octanol–water partition coefficient (Wildman–Crippen LogP) is 4.06. The molecule has 0 saturated heterocycles. The topological polar surface area (TPSA) is 15.3 Å². The van der Waals surface area contributed by atoms with Crippen LogP contribution in [-0.4, -0.2) is 37.1 Å². The second kappa shape index (κ2) is 7.26. The highest BCUT2D eigenvalue weighted by molar-refractivity contribution is 5.04. The SMILES string of the molecule is CCNC(C1CCCCC1)C1(N(C)C)CCCC(C)C1. The molecule has 2 heteroatoms. The van der Waals surface area contributed by atoms with Crippen molar-refractivity contribution in [3.05, 3.63) is 0 Å². The second-order valence-electron chi connectivity index (χ2n) is 7.63. The molecule has 0 aliphatic heterocycles. The van der Waals surface area contributed by atoms with Crippen LogP contribution in [0.15, 0.2) is 0 Å². The maximum absolute atomic E-state index is 3.92. The highest BCUT2D eigenvalue weighted by atomic mass is 15.2. The van der Waals surface area contributed by atoms with Gasteiger partial charge in [-0.1, -0.05) is 46.0 Å². The molecule has 0 aromatic carbocycles. The van der Waals surface area contributed by atoms with Gasteiger partial charge >= 0.3 is 0 Å². The highest BCUT2D eigenvalue weighted by Gasteiger charge is 2.46. The molecular formula is C18H36N2. The van der Waals surface area contributed by atoms with E-state index in [1.165, 1.54) is 57.8 Å². The minimum Gasteiger partial charge on any atom is -0.312 e. The van der Waals surface area contributed by atoms with Crippen LogP contribution in [-0.2, 0) is 0 Å². The molecule has 2 aliphatic carbocycles. The zero-order chi connectivity index (χ0) is 14.6. The van der Waals surface area contributed by atoms with Crippen molar-refractivity contribution in [2.45, 2.75) is 83.2 Å². The smallest absolute Gasteiger partial charge is 0.0361 e. The van der Waals surface area contributed by atoms with E-state index in [1.54, 1.807) is 0 Å². The molecule has 0 aromatic heterocycles. The number of nitrogens with one attached hydrogen (secondary N) is 1. The summed E-state index contributed by atoms with van der Waals surface area (Å²) in [6, 6.07) is 0.700. The zero-order valence-corrected chi connectivity index (χ0v) is 14.3. The minimum absolute atomic E-state index is 0.398. The van der Waals surface area contributed by atoms with Crippen LogP contribution < -0.4 is 5.32 Å². The Morgan fingerprint density at radius 2 is 1.80 bits per heavy atom. The summed E-state index contributed by atoms with van der Waals surface area (Å²) in [5, 5.41) is 3.92. The molecule has 2 rings (SSSR count). The molecule has 0 aromatic rings. The van der Waals surface area contributed by atoms with Crippen molar-refractivity contribution in [3.8, 4) is 0 Å². The standard InChI is InChI=1S/C18H36N2/c1-5-19-17(16-11-7-6-8-12-16)18(20(3)4)13-9-10-15(2)14-18/h15-17,19H,5-14H2,1-4H3. The van der Waals surface area contributed by atoms with Gasteiger partial charge in [-0.15, -0.1) is 0 Å². The van der Waals surface area contributed by atoms with Crippen molar-refractivity contribution in [2.75, 3.05) is 20.6 Å². The fraction of sp³-hybridized carbons (Fsp3) is 1.00. The first-order chi connectivity index (χ1) is 9.60. The Morgan fingerprint density at radius 3 is 2.35 bits per heavy atom. The lowest BCUT2D eigenvalue weighted by molar-refractivity contribution is 0.00889. The van der Waals surface area contributed by atoms with Crippen LogP contribution in [0.1, 0.15) is 71.6 Å². The van der Waals surface area contributed by atoms with Crippen molar-refractivity contribution in [1.29, 1.82) is 0 Å². The summed E-state index contributed by atoms with van der Waals surface area (Å²) in [7, 11) is 4.65. The van der Waals surface area contributed by atoms with E-state index in [2.05, 4.69) is 38.2 Å².